The monoisotopic (exact) mass is 268 g/mol. The summed E-state index contributed by atoms with van der Waals surface area (Å²) in [5.74, 6) is 2.11. The summed E-state index contributed by atoms with van der Waals surface area (Å²) in [4.78, 5) is 0. The molecule has 20 heavy (non-hydrogen) atoms. The average molecular weight is 268 g/mol. The van der Waals surface area contributed by atoms with Crippen LogP contribution in [-0.4, -0.2) is 5.84 Å². The maximum Gasteiger partial charge on any atom is 0.131 e. The predicted octanol–water partition coefficient (Wildman–Crippen LogP) is 4.19. The SMILES string of the molecule is Cc1ccc(C(C)C)c(Oc2ccc(C(=N)N)cc2)c1. The van der Waals surface area contributed by atoms with Crippen molar-refractivity contribution in [3.8, 4) is 11.5 Å². The average Bonchev–Trinajstić information content (AvgIpc) is 2.39. The molecule has 2 aromatic rings. The van der Waals surface area contributed by atoms with E-state index in [2.05, 4.69) is 32.9 Å². The lowest BCUT2D eigenvalue weighted by molar-refractivity contribution is 0.472. The third-order valence-corrected chi connectivity index (χ3v) is 3.18. The number of nitrogen functional groups attached to an aromatic ring is 1. The van der Waals surface area contributed by atoms with Gasteiger partial charge in [0.05, 0.1) is 0 Å². The number of rotatable bonds is 4. The van der Waals surface area contributed by atoms with Crippen LogP contribution in [0, 0.1) is 12.3 Å². The van der Waals surface area contributed by atoms with Crippen molar-refractivity contribution in [2.24, 2.45) is 5.73 Å². The Morgan fingerprint density at radius 1 is 1.10 bits per heavy atom. The van der Waals surface area contributed by atoms with E-state index in [0.29, 0.717) is 11.5 Å². The Morgan fingerprint density at radius 2 is 1.75 bits per heavy atom. The molecule has 0 aliphatic heterocycles. The van der Waals surface area contributed by atoms with Crippen LogP contribution in [0.5, 0.6) is 11.5 Å². The van der Waals surface area contributed by atoms with Crippen molar-refractivity contribution in [3.63, 3.8) is 0 Å². The minimum atomic E-state index is 0.0648. The van der Waals surface area contributed by atoms with E-state index in [1.54, 1.807) is 12.1 Å². The Kier molecular flexibility index (Phi) is 4.08. The molecule has 0 radical (unpaired) electrons. The molecule has 0 saturated carbocycles. The molecule has 0 atom stereocenters. The molecule has 2 rings (SSSR count). The van der Waals surface area contributed by atoms with Crippen molar-refractivity contribution in [3.05, 3.63) is 59.2 Å². The second kappa shape index (κ2) is 5.78. The first-order valence-electron chi connectivity index (χ1n) is 6.70. The lowest BCUT2D eigenvalue weighted by Crippen LogP contribution is -2.10. The fourth-order valence-corrected chi connectivity index (χ4v) is 2.04. The van der Waals surface area contributed by atoms with Gasteiger partial charge in [-0.05, 0) is 54.3 Å². The van der Waals surface area contributed by atoms with Crippen LogP contribution in [0.3, 0.4) is 0 Å². The highest BCUT2D eigenvalue weighted by atomic mass is 16.5. The van der Waals surface area contributed by atoms with Gasteiger partial charge in [0.15, 0.2) is 0 Å². The van der Waals surface area contributed by atoms with E-state index in [-0.39, 0.29) is 5.84 Å². The minimum Gasteiger partial charge on any atom is -0.457 e. The summed E-state index contributed by atoms with van der Waals surface area (Å²) >= 11 is 0. The van der Waals surface area contributed by atoms with E-state index in [9.17, 15) is 0 Å². The van der Waals surface area contributed by atoms with E-state index in [1.807, 2.05) is 18.2 Å². The number of benzene rings is 2. The van der Waals surface area contributed by atoms with Crippen LogP contribution >= 0.6 is 0 Å². The van der Waals surface area contributed by atoms with Gasteiger partial charge >= 0.3 is 0 Å². The molecule has 0 aliphatic carbocycles. The zero-order chi connectivity index (χ0) is 14.7. The van der Waals surface area contributed by atoms with Gasteiger partial charge in [-0.25, -0.2) is 0 Å². The molecule has 0 fully saturated rings. The van der Waals surface area contributed by atoms with Crippen molar-refractivity contribution in [1.82, 2.24) is 0 Å². The van der Waals surface area contributed by atoms with Crippen LogP contribution in [0.2, 0.25) is 0 Å². The zero-order valence-corrected chi connectivity index (χ0v) is 12.1. The maximum absolute atomic E-state index is 7.38. The van der Waals surface area contributed by atoms with Crippen LogP contribution in [-0.2, 0) is 0 Å². The zero-order valence-electron chi connectivity index (χ0n) is 12.1. The summed E-state index contributed by atoms with van der Waals surface area (Å²) in [6.45, 7) is 6.35. The Balaban J connectivity index is 2.29. The quantitative estimate of drug-likeness (QED) is 0.645. The van der Waals surface area contributed by atoms with Crippen molar-refractivity contribution in [2.45, 2.75) is 26.7 Å². The Labute approximate surface area is 119 Å². The summed E-state index contributed by atoms with van der Waals surface area (Å²) in [6, 6.07) is 13.5. The van der Waals surface area contributed by atoms with Crippen LogP contribution < -0.4 is 10.5 Å². The topological polar surface area (TPSA) is 59.1 Å². The standard InChI is InChI=1S/C17H20N2O/c1-11(2)15-9-4-12(3)10-16(15)20-14-7-5-13(6-8-14)17(18)19/h4-11H,1-3H3,(H3,18,19). The lowest BCUT2D eigenvalue weighted by Gasteiger charge is -2.14. The first kappa shape index (κ1) is 14.1. The highest BCUT2D eigenvalue weighted by Crippen LogP contribution is 2.31. The van der Waals surface area contributed by atoms with Gasteiger partial charge in [0.25, 0.3) is 0 Å². The third-order valence-electron chi connectivity index (χ3n) is 3.18. The second-order valence-electron chi connectivity index (χ2n) is 5.24. The molecule has 0 unspecified atom stereocenters. The number of amidine groups is 1. The van der Waals surface area contributed by atoms with Crippen molar-refractivity contribution in [2.75, 3.05) is 0 Å². The van der Waals surface area contributed by atoms with Gasteiger partial charge in [-0.2, -0.15) is 0 Å². The molecule has 0 aromatic heterocycles. The number of ether oxygens (including phenoxy) is 1. The number of nitrogens with two attached hydrogens (primary N) is 1. The highest BCUT2D eigenvalue weighted by molar-refractivity contribution is 5.94. The Morgan fingerprint density at radius 3 is 2.30 bits per heavy atom. The van der Waals surface area contributed by atoms with Crippen LogP contribution in [0.4, 0.5) is 0 Å². The van der Waals surface area contributed by atoms with E-state index in [4.69, 9.17) is 15.9 Å². The molecule has 2 aromatic carbocycles. The molecule has 0 heterocycles. The van der Waals surface area contributed by atoms with Gasteiger partial charge in [-0.15, -0.1) is 0 Å². The first-order valence-corrected chi connectivity index (χ1v) is 6.70. The normalized spacial score (nSPS) is 10.6. The molecule has 3 nitrogen and oxygen atoms in total. The van der Waals surface area contributed by atoms with Crippen LogP contribution in [0.25, 0.3) is 0 Å². The smallest absolute Gasteiger partial charge is 0.131 e. The second-order valence-corrected chi connectivity index (χ2v) is 5.24. The summed E-state index contributed by atoms with van der Waals surface area (Å²) in [5, 5.41) is 7.38. The Hall–Kier alpha value is -2.29. The first-order chi connectivity index (χ1) is 9.47. The van der Waals surface area contributed by atoms with E-state index in [1.165, 1.54) is 11.1 Å². The summed E-state index contributed by atoms with van der Waals surface area (Å²) in [7, 11) is 0. The molecule has 0 amide bonds. The predicted molar refractivity (Wildman–Crippen MR) is 82.8 cm³/mol. The van der Waals surface area contributed by atoms with Gasteiger partial charge in [-0.1, -0.05) is 26.0 Å². The fourth-order valence-electron chi connectivity index (χ4n) is 2.04. The molecular weight excluding hydrogens is 248 g/mol. The maximum atomic E-state index is 7.38. The number of aryl methyl sites for hydroxylation is 1. The van der Waals surface area contributed by atoms with Crippen LogP contribution in [0.1, 0.15) is 36.5 Å². The van der Waals surface area contributed by atoms with Gasteiger partial charge in [0.2, 0.25) is 0 Å². The molecule has 0 spiro atoms. The molecule has 0 bridgehead atoms. The molecule has 3 N–H and O–H groups in total. The highest BCUT2D eigenvalue weighted by Gasteiger charge is 2.09. The molecule has 104 valence electrons. The largest absolute Gasteiger partial charge is 0.457 e. The van der Waals surface area contributed by atoms with Crippen LogP contribution in [0.15, 0.2) is 42.5 Å². The molecular formula is C17H20N2O. The van der Waals surface area contributed by atoms with E-state index < -0.39 is 0 Å². The summed E-state index contributed by atoms with van der Waals surface area (Å²) in [6.07, 6.45) is 0. The van der Waals surface area contributed by atoms with Gasteiger partial charge in [0.1, 0.15) is 17.3 Å². The molecule has 0 saturated heterocycles. The van der Waals surface area contributed by atoms with Crippen molar-refractivity contribution in [1.29, 1.82) is 5.41 Å². The minimum absolute atomic E-state index is 0.0648. The number of hydrogen-bond acceptors (Lipinski definition) is 2. The van der Waals surface area contributed by atoms with Crippen molar-refractivity contribution >= 4 is 5.84 Å². The van der Waals surface area contributed by atoms with Gasteiger partial charge in [0, 0.05) is 5.56 Å². The van der Waals surface area contributed by atoms with Gasteiger partial charge < -0.3 is 10.5 Å². The summed E-state index contributed by atoms with van der Waals surface area (Å²) < 4.78 is 5.98. The van der Waals surface area contributed by atoms with E-state index >= 15 is 0 Å². The molecule has 3 heteroatoms. The Bertz CT molecular complexity index is 615. The van der Waals surface area contributed by atoms with E-state index in [0.717, 1.165) is 11.5 Å². The lowest BCUT2D eigenvalue weighted by atomic mass is 10.0. The number of nitrogens with one attached hydrogen (secondary N) is 1. The van der Waals surface area contributed by atoms with Gasteiger partial charge in [-0.3, -0.25) is 5.41 Å². The molecule has 0 aliphatic rings. The summed E-state index contributed by atoms with van der Waals surface area (Å²) in [5.41, 5.74) is 8.50. The fraction of sp³-hybridized carbons (Fsp3) is 0.235. The number of hydrogen-bond donors (Lipinski definition) is 2. The third kappa shape index (κ3) is 3.18. The van der Waals surface area contributed by atoms with Crippen molar-refractivity contribution < 1.29 is 4.74 Å².